The molecule has 2 aliphatic rings. The highest BCUT2D eigenvalue weighted by Crippen LogP contribution is 2.27. The average Bonchev–Trinajstić information content (AvgIpc) is 2.47. The van der Waals surface area contributed by atoms with Crippen LogP contribution in [0, 0.1) is 5.92 Å². The number of carboxylic acids is 1. The van der Waals surface area contributed by atoms with Crippen LogP contribution in [0.3, 0.4) is 0 Å². The number of hydrogen-bond acceptors (Lipinski definition) is 3. The van der Waals surface area contributed by atoms with Crippen molar-refractivity contribution in [2.24, 2.45) is 5.92 Å². The fraction of sp³-hybridized carbons (Fsp3) is 0.867. The molecular formula is C15H26N2O3S. The molecule has 0 radical (unpaired) electrons. The summed E-state index contributed by atoms with van der Waals surface area (Å²) >= 11 is 1.89. The molecule has 3 unspecified atom stereocenters. The van der Waals surface area contributed by atoms with Gasteiger partial charge in [0, 0.05) is 30.8 Å². The third-order valence-corrected chi connectivity index (χ3v) is 5.65. The third-order valence-electron chi connectivity index (χ3n) is 4.56. The van der Waals surface area contributed by atoms with Crippen LogP contribution in [-0.4, -0.2) is 52.6 Å². The van der Waals surface area contributed by atoms with Gasteiger partial charge in [0.2, 0.25) is 0 Å². The lowest BCUT2D eigenvalue weighted by molar-refractivity contribution is -0.138. The van der Waals surface area contributed by atoms with Gasteiger partial charge in [0.25, 0.3) is 0 Å². The maximum atomic E-state index is 12.4. The Kier molecular flexibility index (Phi) is 6.21. The van der Waals surface area contributed by atoms with Crippen molar-refractivity contribution in [1.82, 2.24) is 10.2 Å². The molecule has 6 heteroatoms. The van der Waals surface area contributed by atoms with E-state index in [4.69, 9.17) is 5.11 Å². The molecule has 0 spiro atoms. The first-order valence-electron chi connectivity index (χ1n) is 7.88. The minimum atomic E-state index is -0.766. The number of carboxylic acid groups (broad SMARTS) is 1. The molecule has 0 aromatic carbocycles. The van der Waals surface area contributed by atoms with Crippen molar-refractivity contribution in [2.75, 3.05) is 19.3 Å². The van der Waals surface area contributed by atoms with Gasteiger partial charge in [-0.25, -0.2) is 4.79 Å². The van der Waals surface area contributed by atoms with Gasteiger partial charge in [-0.05, 0) is 44.3 Å². The highest BCUT2D eigenvalue weighted by atomic mass is 32.2. The van der Waals surface area contributed by atoms with Crippen LogP contribution in [-0.2, 0) is 4.79 Å². The number of aliphatic carboxylic acids is 1. The van der Waals surface area contributed by atoms with Gasteiger partial charge in [-0.1, -0.05) is 6.42 Å². The lowest BCUT2D eigenvalue weighted by Gasteiger charge is -2.35. The molecule has 0 aromatic rings. The van der Waals surface area contributed by atoms with Gasteiger partial charge in [0.05, 0.1) is 0 Å². The third kappa shape index (κ3) is 5.09. The Morgan fingerprint density at radius 1 is 1.29 bits per heavy atom. The highest BCUT2D eigenvalue weighted by molar-refractivity contribution is 7.99. The first-order chi connectivity index (χ1) is 10.1. The molecule has 1 heterocycles. The smallest absolute Gasteiger partial charge is 0.317 e. The Morgan fingerprint density at radius 2 is 2.10 bits per heavy atom. The van der Waals surface area contributed by atoms with E-state index in [2.05, 4.69) is 11.6 Å². The number of nitrogens with one attached hydrogen (secondary N) is 1. The molecule has 2 rings (SSSR count). The summed E-state index contributed by atoms with van der Waals surface area (Å²) in [6.07, 6.45) is 8.67. The van der Waals surface area contributed by atoms with Crippen LogP contribution in [0.1, 0.15) is 44.9 Å². The molecule has 1 aliphatic heterocycles. The molecule has 3 atom stereocenters. The summed E-state index contributed by atoms with van der Waals surface area (Å²) < 4.78 is 0. The molecule has 2 N–H and O–H groups in total. The normalized spacial score (nSPS) is 30.0. The van der Waals surface area contributed by atoms with E-state index in [1.54, 1.807) is 4.90 Å². The lowest BCUT2D eigenvalue weighted by Crippen LogP contribution is -2.50. The van der Waals surface area contributed by atoms with Gasteiger partial charge in [-0.2, -0.15) is 11.8 Å². The summed E-state index contributed by atoms with van der Waals surface area (Å²) in [5.41, 5.74) is 0. The second kappa shape index (κ2) is 7.92. The number of amides is 2. The van der Waals surface area contributed by atoms with Crippen LogP contribution in [0.2, 0.25) is 0 Å². The van der Waals surface area contributed by atoms with E-state index in [9.17, 15) is 9.59 Å². The van der Waals surface area contributed by atoms with Crippen LogP contribution in [0.15, 0.2) is 0 Å². The molecule has 120 valence electrons. The van der Waals surface area contributed by atoms with E-state index in [1.807, 2.05) is 11.8 Å². The molecule has 1 saturated carbocycles. The number of thioether (sulfide) groups is 1. The Hall–Kier alpha value is -0.910. The maximum absolute atomic E-state index is 12.4. The van der Waals surface area contributed by atoms with Crippen LogP contribution in [0.25, 0.3) is 0 Å². The monoisotopic (exact) mass is 314 g/mol. The van der Waals surface area contributed by atoms with E-state index >= 15 is 0 Å². The van der Waals surface area contributed by atoms with Crippen molar-refractivity contribution < 1.29 is 14.7 Å². The Bertz CT molecular complexity index is 378. The first-order valence-corrected chi connectivity index (χ1v) is 9.17. The van der Waals surface area contributed by atoms with Gasteiger partial charge in [0.1, 0.15) is 0 Å². The van der Waals surface area contributed by atoms with E-state index in [0.717, 1.165) is 32.2 Å². The number of nitrogens with zero attached hydrogens (tertiary/aromatic N) is 1. The molecular weight excluding hydrogens is 288 g/mol. The Morgan fingerprint density at radius 3 is 2.81 bits per heavy atom. The van der Waals surface area contributed by atoms with Gasteiger partial charge in [0.15, 0.2) is 0 Å². The van der Waals surface area contributed by atoms with E-state index in [0.29, 0.717) is 11.8 Å². The number of hydrogen-bond donors (Lipinski definition) is 2. The van der Waals surface area contributed by atoms with Gasteiger partial charge < -0.3 is 15.3 Å². The predicted octanol–water partition coefficient (Wildman–Crippen LogP) is 2.56. The zero-order valence-corrected chi connectivity index (χ0v) is 13.5. The van der Waals surface area contributed by atoms with Crippen LogP contribution in [0.5, 0.6) is 0 Å². The lowest BCUT2D eigenvalue weighted by atomic mass is 9.94. The summed E-state index contributed by atoms with van der Waals surface area (Å²) in [5.74, 6) is -0.662. The van der Waals surface area contributed by atoms with Crippen molar-refractivity contribution in [1.29, 1.82) is 0 Å². The molecule has 21 heavy (non-hydrogen) atoms. The van der Waals surface area contributed by atoms with Crippen molar-refractivity contribution >= 4 is 23.8 Å². The molecule has 1 saturated heterocycles. The number of rotatable bonds is 4. The molecule has 0 aromatic heterocycles. The number of urea groups is 1. The van der Waals surface area contributed by atoms with Gasteiger partial charge in [-0.15, -0.1) is 0 Å². The van der Waals surface area contributed by atoms with Gasteiger partial charge in [-0.3, -0.25) is 4.79 Å². The summed E-state index contributed by atoms with van der Waals surface area (Å²) in [6.45, 7) is 1.33. The molecule has 2 amide bonds. The predicted molar refractivity (Wildman–Crippen MR) is 84.6 cm³/mol. The molecule has 5 nitrogen and oxygen atoms in total. The zero-order chi connectivity index (χ0) is 15.2. The SMILES string of the molecule is CSC1CCCC(NC(=O)N2CCCC(CC(=O)O)C2)C1. The van der Waals surface area contributed by atoms with Gasteiger partial charge >= 0.3 is 12.0 Å². The number of carbonyl (C=O) groups is 2. The van der Waals surface area contributed by atoms with Crippen molar-refractivity contribution in [2.45, 2.75) is 56.2 Å². The fourth-order valence-electron chi connectivity index (χ4n) is 3.42. The number of likely N-dealkylation sites (tertiary alicyclic amines) is 1. The van der Waals surface area contributed by atoms with Crippen molar-refractivity contribution in [3.8, 4) is 0 Å². The van der Waals surface area contributed by atoms with Crippen molar-refractivity contribution in [3.05, 3.63) is 0 Å². The van der Waals surface area contributed by atoms with E-state index in [1.165, 1.54) is 12.8 Å². The minimum absolute atomic E-state index is 0.00292. The maximum Gasteiger partial charge on any atom is 0.317 e. The second-order valence-electron chi connectivity index (χ2n) is 6.22. The fourth-order valence-corrected chi connectivity index (χ4v) is 4.25. The standard InChI is InChI=1S/C15H26N2O3S/c1-21-13-6-2-5-12(9-13)16-15(20)17-7-3-4-11(10-17)8-14(18)19/h11-13H,2-10H2,1H3,(H,16,20)(H,18,19). The second-order valence-corrected chi connectivity index (χ2v) is 7.36. The molecule has 0 bridgehead atoms. The Balaban J connectivity index is 1.80. The summed E-state index contributed by atoms with van der Waals surface area (Å²) in [6, 6.07) is 0.278. The average molecular weight is 314 g/mol. The summed E-state index contributed by atoms with van der Waals surface area (Å²) in [5, 5.41) is 12.7. The van der Waals surface area contributed by atoms with E-state index in [-0.39, 0.29) is 24.4 Å². The molecule has 1 aliphatic carbocycles. The summed E-state index contributed by atoms with van der Waals surface area (Å²) in [4.78, 5) is 25.0. The van der Waals surface area contributed by atoms with Crippen molar-refractivity contribution in [3.63, 3.8) is 0 Å². The largest absolute Gasteiger partial charge is 0.481 e. The van der Waals surface area contributed by atoms with Crippen LogP contribution < -0.4 is 5.32 Å². The van der Waals surface area contributed by atoms with Crippen LogP contribution >= 0.6 is 11.8 Å². The number of carbonyl (C=O) groups excluding carboxylic acids is 1. The highest BCUT2D eigenvalue weighted by Gasteiger charge is 2.28. The zero-order valence-electron chi connectivity index (χ0n) is 12.7. The quantitative estimate of drug-likeness (QED) is 0.837. The van der Waals surface area contributed by atoms with E-state index < -0.39 is 5.97 Å². The first kappa shape index (κ1) is 16.5. The summed E-state index contributed by atoms with van der Waals surface area (Å²) in [7, 11) is 0. The molecule has 2 fully saturated rings. The van der Waals surface area contributed by atoms with Crippen LogP contribution in [0.4, 0.5) is 4.79 Å². The topological polar surface area (TPSA) is 69.6 Å². The Labute approximate surface area is 130 Å². The minimum Gasteiger partial charge on any atom is -0.481 e. The number of piperidine rings is 1.